The molecule has 0 fully saturated rings. The third kappa shape index (κ3) is 1.50. The Labute approximate surface area is 83.7 Å². The van der Waals surface area contributed by atoms with E-state index in [0.29, 0.717) is 17.0 Å². The van der Waals surface area contributed by atoms with Crippen LogP contribution in [-0.4, -0.2) is 15.0 Å². The van der Waals surface area contributed by atoms with Crippen molar-refractivity contribution in [3.8, 4) is 0 Å². The average Bonchev–Trinajstić information content (AvgIpc) is 2.08. The standard InChI is InChI=1S/C7H4Cl2N4/c8-5-6(9)13-7-3(11-5)1-2-4(10)12-7/h1-2H,(H2,10,12,13). The molecule has 4 nitrogen and oxygen atoms in total. The molecular formula is C7H4Cl2N4. The Balaban J connectivity index is 2.81. The van der Waals surface area contributed by atoms with E-state index >= 15 is 0 Å². The molecule has 2 aromatic rings. The zero-order valence-electron chi connectivity index (χ0n) is 6.33. The first-order valence-electron chi connectivity index (χ1n) is 3.42. The summed E-state index contributed by atoms with van der Waals surface area (Å²) >= 11 is 11.3. The highest BCUT2D eigenvalue weighted by molar-refractivity contribution is 6.40. The van der Waals surface area contributed by atoms with Crippen LogP contribution >= 0.6 is 23.2 Å². The second-order valence-corrected chi connectivity index (χ2v) is 3.10. The van der Waals surface area contributed by atoms with Gasteiger partial charge in [-0.1, -0.05) is 23.2 Å². The monoisotopic (exact) mass is 214 g/mol. The maximum atomic E-state index is 5.66. The Morgan fingerprint density at radius 2 is 1.69 bits per heavy atom. The van der Waals surface area contributed by atoms with Gasteiger partial charge in [-0.15, -0.1) is 0 Å². The van der Waals surface area contributed by atoms with E-state index in [1.807, 2.05) is 0 Å². The number of nitrogens with two attached hydrogens (primary N) is 1. The van der Waals surface area contributed by atoms with Crippen molar-refractivity contribution in [2.24, 2.45) is 0 Å². The van der Waals surface area contributed by atoms with Crippen LogP contribution in [0.1, 0.15) is 0 Å². The number of rotatable bonds is 0. The molecule has 2 rings (SSSR count). The molecular weight excluding hydrogens is 211 g/mol. The fourth-order valence-corrected chi connectivity index (χ4v) is 1.17. The van der Waals surface area contributed by atoms with Crippen LogP contribution < -0.4 is 5.73 Å². The maximum absolute atomic E-state index is 5.66. The minimum Gasteiger partial charge on any atom is -0.384 e. The molecule has 0 saturated carbocycles. The molecule has 0 atom stereocenters. The van der Waals surface area contributed by atoms with Crippen molar-refractivity contribution in [2.45, 2.75) is 0 Å². The highest BCUT2D eigenvalue weighted by Crippen LogP contribution is 2.20. The van der Waals surface area contributed by atoms with E-state index in [2.05, 4.69) is 15.0 Å². The van der Waals surface area contributed by atoms with Gasteiger partial charge in [0.2, 0.25) is 0 Å². The van der Waals surface area contributed by atoms with Gasteiger partial charge < -0.3 is 5.73 Å². The van der Waals surface area contributed by atoms with Gasteiger partial charge in [-0.25, -0.2) is 15.0 Å². The Kier molecular flexibility index (Phi) is 1.94. The number of anilines is 1. The molecule has 0 radical (unpaired) electrons. The van der Waals surface area contributed by atoms with Crippen molar-refractivity contribution in [2.75, 3.05) is 5.73 Å². The van der Waals surface area contributed by atoms with E-state index in [4.69, 9.17) is 28.9 Å². The highest BCUT2D eigenvalue weighted by Gasteiger charge is 2.04. The van der Waals surface area contributed by atoms with Gasteiger partial charge in [0.1, 0.15) is 11.3 Å². The van der Waals surface area contributed by atoms with Crippen LogP contribution in [0, 0.1) is 0 Å². The number of fused-ring (bicyclic) bond motifs is 1. The molecule has 0 saturated heterocycles. The summed E-state index contributed by atoms with van der Waals surface area (Å²) in [5.74, 6) is 0.375. The lowest BCUT2D eigenvalue weighted by molar-refractivity contribution is 1.23. The molecule has 66 valence electrons. The molecule has 6 heteroatoms. The highest BCUT2D eigenvalue weighted by atomic mass is 35.5. The van der Waals surface area contributed by atoms with Crippen molar-refractivity contribution in [3.05, 3.63) is 22.4 Å². The zero-order chi connectivity index (χ0) is 9.42. The second-order valence-electron chi connectivity index (χ2n) is 2.38. The smallest absolute Gasteiger partial charge is 0.181 e. The fourth-order valence-electron chi connectivity index (χ4n) is 0.916. The van der Waals surface area contributed by atoms with Crippen LogP contribution in [0.25, 0.3) is 11.2 Å². The first-order chi connectivity index (χ1) is 6.16. The molecule has 0 aliphatic rings. The predicted molar refractivity (Wildman–Crippen MR) is 51.8 cm³/mol. The number of nitrogen functional groups attached to an aromatic ring is 1. The van der Waals surface area contributed by atoms with Gasteiger partial charge in [0, 0.05) is 0 Å². The predicted octanol–water partition coefficient (Wildman–Crippen LogP) is 1.91. The molecule has 2 heterocycles. The lowest BCUT2D eigenvalue weighted by Gasteiger charge is -1.98. The summed E-state index contributed by atoms with van der Waals surface area (Å²) in [6.45, 7) is 0. The van der Waals surface area contributed by atoms with E-state index in [0.717, 1.165) is 0 Å². The van der Waals surface area contributed by atoms with E-state index < -0.39 is 0 Å². The Morgan fingerprint density at radius 1 is 1.00 bits per heavy atom. The molecule has 2 aromatic heterocycles. The Hall–Kier alpha value is -1.13. The summed E-state index contributed by atoms with van der Waals surface area (Å²) in [5, 5.41) is 0.299. The van der Waals surface area contributed by atoms with Crippen molar-refractivity contribution < 1.29 is 0 Å². The minimum absolute atomic E-state index is 0.132. The number of hydrogen-bond donors (Lipinski definition) is 1. The summed E-state index contributed by atoms with van der Waals surface area (Å²) in [5.41, 5.74) is 6.43. The van der Waals surface area contributed by atoms with Crippen LogP contribution in [0.3, 0.4) is 0 Å². The summed E-state index contributed by atoms with van der Waals surface area (Å²) in [6.07, 6.45) is 0. The van der Waals surface area contributed by atoms with Gasteiger partial charge in [0.25, 0.3) is 0 Å². The van der Waals surface area contributed by atoms with Gasteiger partial charge in [0.15, 0.2) is 16.0 Å². The average molecular weight is 215 g/mol. The normalized spacial score (nSPS) is 10.6. The van der Waals surface area contributed by atoms with Gasteiger partial charge in [0.05, 0.1) is 0 Å². The quantitative estimate of drug-likeness (QED) is 0.728. The molecule has 0 unspecified atom stereocenters. The summed E-state index contributed by atoms with van der Waals surface area (Å²) in [7, 11) is 0. The molecule has 0 aromatic carbocycles. The van der Waals surface area contributed by atoms with Crippen LogP contribution in [0.4, 0.5) is 5.82 Å². The Bertz CT molecular complexity index is 471. The van der Waals surface area contributed by atoms with E-state index in [-0.39, 0.29) is 10.3 Å². The van der Waals surface area contributed by atoms with E-state index in [1.165, 1.54) is 0 Å². The fraction of sp³-hybridized carbons (Fsp3) is 0. The topological polar surface area (TPSA) is 64.7 Å². The third-order valence-electron chi connectivity index (χ3n) is 1.47. The third-order valence-corrected chi connectivity index (χ3v) is 2.09. The van der Waals surface area contributed by atoms with Gasteiger partial charge in [-0.3, -0.25) is 0 Å². The molecule has 0 bridgehead atoms. The molecule has 0 aliphatic carbocycles. The molecule has 13 heavy (non-hydrogen) atoms. The number of hydrogen-bond acceptors (Lipinski definition) is 4. The lowest BCUT2D eigenvalue weighted by atomic mass is 10.4. The van der Waals surface area contributed by atoms with Gasteiger partial charge in [-0.2, -0.15) is 0 Å². The van der Waals surface area contributed by atoms with Crippen LogP contribution in [0.2, 0.25) is 10.3 Å². The minimum atomic E-state index is 0.132. The van der Waals surface area contributed by atoms with Gasteiger partial charge >= 0.3 is 0 Å². The summed E-state index contributed by atoms with van der Waals surface area (Å²) in [6, 6.07) is 3.31. The maximum Gasteiger partial charge on any atom is 0.181 e. The first kappa shape index (κ1) is 8.47. The largest absolute Gasteiger partial charge is 0.384 e. The molecule has 0 aliphatic heterocycles. The second kappa shape index (κ2) is 2.97. The number of nitrogens with zero attached hydrogens (tertiary/aromatic N) is 3. The number of halogens is 2. The molecule has 0 spiro atoms. The van der Waals surface area contributed by atoms with E-state index in [1.54, 1.807) is 12.1 Å². The number of aromatic nitrogens is 3. The van der Waals surface area contributed by atoms with Crippen molar-refractivity contribution >= 4 is 40.2 Å². The Morgan fingerprint density at radius 3 is 2.46 bits per heavy atom. The SMILES string of the molecule is Nc1ccc2nc(Cl)c(Cl)nc2n1. The van der Waals surface area contributed by atoms with Crippen LogP contribution in [0.5, 0.6) is 0 Å². The first-order valence-corrected chi connectivity index (χ1v) is 4.17. The van der Waals surface area contributed by atoms with Gasteiger partial charge in [-0.05, 0) is 12.1 Å². The van der Waals surface area contributed by atoms with Crippen LogP contribution in [-0.2, 0) is 0 Å². The van der Waals surface area contributed by atoms with Crippen molar-refractivity contribution in [3.63, 3.8) is 0 Å². The summed E-state index contributed by atoms with van der Waals surface area (Å²) in [4.78, 5) is 11.8. The molecule has 0 amide bonds. The van der Waals surface area contributed by atoms with Crippen molar-refractivity contribution in [1.29, 1.82) is 0 Å². The molecule has 2 N–H and O–H groups in total. The lowest BCUT2D eigenvalue weighted by Crippen LogP contribution is -1.94. The number of pyridine rings is 1. The zero-order valence-corrected chi connectivity index (χ0v) is 7.84. The van der Waals surface area contributed by atoms with Crippen LogP contribution in [0.15, 0.2) is 12.1 Å². The summed E-state index contributed by atoms with van der Waals surface area (Å²) < 4.78 is 0. The van der Waals surface area contributed by atoms with E-state index in [9.17, 15) is 0 Å². The van der Waals surface area contributed by atoms with Crippen molar-refractivity contribution in [1.82, 2.24) is 15.0 Å².